The monoisotopic (exact) mass is 662 g/mol. The summed E-state index contributed by atoms with van der Waals surface area (Å²) in [7, 11) is 0. The molecule has 0 aliphatic heterocycles. The quantitative estimate of drug-likeness (QED) is 0.0669. The van der Waals surface area contributed by atoms with Crippen LogP contribution in [-0.4, -0.2) is 56.8 Å². The first-order valence-electron chi connectivity index (χ1n) is 18.2. The first-order valence-corrected chi connectivity index (χ1v) is 18.2. The molecule has 2 heterocycles. The Morgan fingerprint density at radius 1 is 0.851 bits per heavy atom. The Morgan fingerprint density at radius 3 is 1.94 bits per heavy atom. The van der Waals surface area contributed by atoms with E-state index in [9.17, 15) is 14.4 Å². The number of fused-ring (bicyclic) bond motifs is 1. The van der Waals surface area contributed by atoms with Crippen molar-refractivity contribution in [1.82, 2.24) is 19.5 Å². The molecule has 2 rings (SSSR count). The van der Waals surface area contributed by atoms with Crippen LogP contribution in [0.1, 0.15) is 143 Å². The molecule has 47 heavy (non-hydrogen) atoms. The van der Waals surface area contributed by atoms with Crippen LogP contribution in [-0.2, 0) is 30.5 Å². The molecule has 0 aliphatic rings. The van der Waals surface area contributed by atoms with Crippen molar-refractivity contribution in [2.24, 2.45) is 11.7 Å². The molecule has 12 nitrogen and oxygen atoms in total. The molecule has 0 radical (unpaired) electrons. The number of unbranched alkanes of at least 4 members (excludes halogenated alkanes) is 16. The van der Waals surface area contributed by atoms with Crippen LogP contribution in [0, 0.1) is 5.92 Å². The predicted octanol–water partition coefficient (Wildman–Crippen LogP) is 6.55. The fourth-order valence-corrected chi connectivity index (χ4v) is 5.41. The van der Waals surface area contributed by atoms with Crippen LogP contribution in [0.5, 0.6) is 0 Å². The number of ether oxygens (including phenoxy) is 3. The highest BCUT2D eigenvalue weighted by Crippen LogP contribution is 2.15. The van der Waals surface area contributed by atoms with Crippen LogP contribution in [0.3, 0.4) is 0 Å². The molecule has 0 bridgehead atoms. The van der Waals surface area contributed by atoms with E-state index in [4.69, 9.17) is 25.7 Å². The smallest absolute Gasteiger partial charge is 0.323 e. The van der Waals surface area contributed by atoms with E-state index < -0.39 is 23.7 Å². The molecule has 0 saturated heterocycles. The van der Waals surface area contributed by atoms with Crippen LogP contribution in [0.2, 0.25) is 0 Å². The van der Waals surface area contributed by atoms with Crippen LogP contribution in [0.25, 0.3) is 11.2 Å². The minimum absolute atomic E-state index is 0.0452. The van der Waals surface area contributed by atoms with Gasteiger partial charge in [0.05, 0.1) is 6.33 Å². The molecule has 12 heteroatoms. The molecule has 1 unspecified atom stereocenters. The zero-order valence-electron chi connectivity index (χ0n) is 29.3. The fraction of sp³-hybridized carbons (Fsp3) is 0.800. The zero-order chi connectivity index (χ0) is 34.3. The molecule has 268 valence electrons. The molecule has 0 amide bonds. The number of imidazole rings is 1. The number of anilines is 1. The Kier molecular flexibility index (Phi) is 20.7. The maximum atomic E-state index is 12.5. The maximum absolute atomic E-state index is 12.5. The Balaban J connectivity index is 1.64. The molecule has 0 aromatic carbocycles. The first kappa shape index (κ1) is 40.2. The van der Waals surface area contributed by atoms with Gasteiger partial charge in [0.1, 0.15) is 32.1 Å². The van der Waals surface area contributed by atoms with Crippen molar-refractivity contribution in [3.63, 3.8) is 0 Å². The molecular formula is C35H62N6O6. The minimum Gasteiger partial charge on any atom is -0.463 e. The van der Waals surface area contributed by atoms with Gasteiger partial charge in [-0.15, -0.1) is 0 Å². The van der Waals surface area contributed by atoms with Gasteiger partial charge in [0.2, 0.25) is 5.95 Å². The summed E-state index contributed by atoms with van der Waals surface area (Å²) in [5.74, 6) is -0.962. The Bertz CT molecular complexity index is 1200. The molecule has 5 N–H and O–H groups in total. The van der Waals surface area contributed by atoms with E-state index in [1.807, 2.05) is 13.8 Å². The molecule has 2 aromatic heterocycles. The van der Waals surface area contributed by atoms with Crippen molar-refractivity contribution < 1.29 is 23.8 Å². The van der Waals surface area contributed by atoms with Crippen LogP contribution >= 0.6 is 0 Å². The van der Waals surface area contributed by atoms with Gasteiger partial charge in [0.15, 0.2) is 11.2 Å². The Labute approximate surface area is 281 Å². The van der Waals surface area contributed by atoms with Crippen molar-refractivity contribution >= 4 is 29.1 Å². The summed E-state index contributed by atoms with van der Waals surface area (Å²) >= 11 is 0. The number of nitrogens with zero attached hydrogens (tertiary/aromatic N) is 3. The van der Waals surface area contributed by atoms with Gasteiger partial charge in [-0.25, -0.2) is 4.98 Å². The van der Waals surface area contributed by atoms with E-state index in [2.05, 4.69) is 21.9 Å². The lowest BCUT2D eigenvalue weighted by Gasteiger charge is -2.21. The Morgan fingerprint density at radius 2 is 1.38 bits per heavy atom. The summed E-state index contributed by atoms with van der Waals surface area (Å²) < 4.78 is 18.3. The third-order valence-electron chi connectivity index (χ3n) is 8.80. The summed E-state index contributed by atoms with van der Waals surface area (Å²) in [5.41, 5.74) is 11.6. The number of carbonyl (C=O) groups is 2. The number of nitrogens with two attached hydrogens (primary N) is 2. The van der Waals surface area contributed by atoms with Gasteiger partial charge in [-0.3, -0.25) is 23.9 Å². The number of carbonyl (C=O) groups excluding carboxylic acids is 2. The van der Waals surface area contributed by atoms with Crippen molar-refractivity contribution in [3.05, 3.63) is 16.7 Å². The number of esters is 2. The number of nitrogens with one attached hydrogen (secondary N) is 1. The van der Waals surface area contributed by atoms with Gasteiger partial charge in [0, 0.05) is 6.42 Å². The second-order valence-corrected chi connectivity index (χ2v) is 12.9. The lowest BCUT2D eigenvalue weighted by molar-refractivity contribution is -0.159. The van der Waals surface area contributed by atoms with E-state index in [-0.39, 0.29) is 48.9 Å². The third-order valence-corrected chi connectivity index (χ3v) is 8.80. The van der Waals surface area contributed by atoms with Gasteiger partial charge in [-0.05, 0) is 12.3 Å². The number of H-pyrrole nitrogens is 1. The summed E-state index contributed by atoms with van der Waals surface area (Å²) in [4.78, 5) is 47.6. The van der Waals surface area contributed by atoms with Gasteiger partial charge in [0.25, 0.3) is 5.56 Å². The minimum atomic E-state index is -0.764. The maximum Gasteiger partial charge on any atom is 0.323 e. The van der Waals surface area contributed by atoms with E-state index in [1.165, 1.54) is 101 Å². The topological polar surface area (TPSA) is 177 Å². The standard InChI is InChI=1S/C35H62N6O6/c1-4-6-7-8-9-10-11-12-13-14-15-16-17-18-19-20-21-22-29(42)45-23-28(24-46-34(44)30(36)27(3)5-2)47-26-41-25-38-31-32(41)39-35(37)40-33(31)43/h25,27-28,30H,4-24,26,36H2,1-3H3,(H3,37,39,40,43)/t27-,28?,30-/m0/s1. The van der Waals surface area contributed by atoms with Crippen LogP contribution in [0.15, 0.2) is 11.1 Å². The second-order valence-electron chi connectivity index (χ2n) is 12.9. The highest BCUT2D eigenvalue weighted by Gasteiger charge is 2.23. The normalized spacial score (nSPS) is 13.4. The zero-order valence-corrected chi connectivity index (χ0v) is 29.3. The molecule has 2 aromatic rings. The lowest BCUT2D eigenvalue weighted by Crippen LogP contribution is -2.40. The number of nitrogen functional groups attached to an aromatic ring is 1. The third kappa shape index (κ3) is 16.6. The lowest BCUT2D eigenvalue weighted by atomic mass is 10.0. The Hall–Kier alpha value is -2.99. The van der Waals surface area contributed by atoms with Crippen molar-refractivity contribution in [1.29, 1.82) is 0 Å². The molecule has 3 atom stereocenters. The summed E-state index contributed by atoms with van der Waals surface area (Å²) in [6.07, 6.45) is 23.4. The molecule has 0 aliphatic carbocycles. The van der Waals surface area contributed by atoms with Gasteiger partial charge >= 0.3 is 11.9 Å². The summed E-state index contributed by atoms with van der Waals surface area (Å²) in [6.45, 7) is 5.76. The van der Waals surface area contributed by atoms with Crippen LogP contribution < -0.4 is 17.0 Å². The van der Waals surface area contributed by atoms with Crippen molar-refractivity contribution in [2.45, 2.75) is 162 Å². The fourth-order valence-electron chi connectivity index (χ4n) is 5.41. The van der Waals surface area contributed by atoms with E-state index in [1.54, 1.807) is 0 Å². The number of hydrogen-bond acceptors (Lipinski definition) is 10. The summed E-state index contributed by atoms with van der Waals surface area (Å²) in [5, 5.41) is 0. The first-order chi connectivity index (χ1) is 22.8. The SMILES string of the molecule is CCCCCCCCCCCCCCCCCCCC(=O)OCC(COC(=O)[C@@H](N)[C@@H](C)CC)OCn1cnc2c(=O)[nH]c(N)nc21. The number of aromatic amines is 1. The average molecular weight is 663 g/mol. The van der Waals surface area contributed by atoms with E-state index >= 15 is 0 Å². The van der Waals surface area contributed by atoms with Crippen molar-refractivity contribution in [3.8, 4) is 0 Å². The highest BCUT2D eigenvalue weighted by molar-refractivity contribution is 5.75. The number of rotatable bonds is 28. The van der Waals surface area contributed by atoms with Crippen LogP contribution in [0.4, 0.5) is 5.95 Å². The van der Waals surface area contributed by atoms with Gasteiger partial charge in [-0.2, -0.15) is 4.98 Å². The number of aromatic nitrogens is 4. The molecular weight excluding hydrogens is 600 g/mol. The second kappa shape index (κ2) is 24.2. The van der Waals surface area contributed by atoms with Gasteiger partial charge in [-0.1, -0.05) is 130 Å². The molecule has 0 saturated carbocycles. The number of hydrogen-bond donors (Lipinski definition) is 3. The predicted molar refractivity (Wildman–Crippen MR) is 186 cm³/mol. The molecule has 0 fully saturated rings. The largest absolute Gasteiger partial charge is 0.463 e. The molecule has 0 spiro atoms. The summed E-state index contributed by atoms with van der Waals surface area (Å²) in [6, 6.07) is -0.764. The van der Waals surface area contributed by atoms with Crippen molar-refractivity contribution in [2.75, 3.05) is 18.9 Å². The van der Waals surface area contributed by atoms with Gasteiger partial charge < -0.3 is 25.7 Å². The average Bonchev–Trinajstić information content (AvgIpc) is 3.47. The highest BCUT2D eigenvalue weighted by atomic mass is 16.6. The van der Waals surface area contributed by atoms with E-state index in [0.717, 1.165) is 25.7 Å². The van der Waals surface area contributed by atoms with E-state index in [0.29, 0.717) is 6.42 Å².